The van der Waals surface area contributed by atoms with Crippen LogP contribution in [0.1, 0.15) is 41.6 Å². The number of hydrogen-bond acceptors (Lipinski definition) is 2. The lowest BCUT2D eigenvalue weighted by molar-refractivity contribution is 0.0270. The van der Waals surface area contributed by atoms with Crippen molar-refractivity contribution in [3.05, 3.63) is 51.8 Å². The molecule has 4 heteroatoms. The van der Waals surface area contributed by atoms with Crippen LogP contribution in [0.4, 0.5) is 0 Å². The zero-order valence-electron chi connectivity index (χ0n) is 12.6. The van der Waals surface area contributed by atoms with Gasteiger partial charge < -0.3 is 5.11 Å². The molecule has 0 amide bonds. The molecule has 2 aromatic rings. The molecular formula is C17H21ClN2O. The highest BCUT2D eigenvalue weighted by Gasteiger charge is 2.34. The Morgan fingerprint density at radius 3 is 2.81 bits per heavy atom. The number of aliphatic hydroxyl groups is 1. The second-order valence-corrected chi connectivity index (χ2v) is 6.41. The molecular weight excluding hydrogens is 284 g/mol. The van der Waals surface area contributed by atoms with E-state index in [9.17, 15) is 5.11 Å². The quantitative estimate of drug-likeness (QED) is 0.862. The lowest BCUT2D eigenvalue weighted by Crippen LogP contribution is -2.29. The average Bonchev–Trinajstić information content (AvgIpc) is 2.64. The zero-order valence-corrected chi connectivity index (χ0v) is 13.3. The molecule has 0 radical (unpaired) electrons. The maximum absolute atomic E-state index is 11.3. The first-order valence-electron chi connectivity index (χ1n) is 7.50. The third-order valence-electron chi connectivity index (χ3n) is 4.54. The molecule has 1 aromatic heterocycles. The van der Waals surface area contributed by atoms with Gasteiger partial charge in [-0.05, 0) is 43.7 Å². The van der Waals surface area contributed by atoms with Gasteiger partial charge in [-0.2, -0.15) is 5.10 Å². The first kappa shape index (κ1) is 14.6. The molecule has 0 spiro atoms. The lowest BCUT2D eigenvalue weighted by Gasteiger charge is -2.29. The maximum atomic E-state index is 11.3. The molecule has 1 heterocycles. The average molecular weight is 305 g/mol. The van der Waals surface area contributed by atoms with Gasteiger partial charge >= 0.3 is 0 Å². The van der Waals surface area contributed by atoms with E-state index >= 15 is 0 Å². The van der Waals surface area contributed by atoms with E-state index in [0.29, 0.717) is 11.6 Å². The normalized spacial score (nSPS) is 21.9. The number of fused-ring (bicyclic) bond motifs is 1. The predicted octanol–water partition coefficient (Wildman–Crippen LogP) is 3.54. The molecule has 0 saturated carbocycles. The smallest absolute Gasteiger partial charge is 0.130 e. The number of benzene rings is 1. The van der Waals surface area contributed by atoms with E-state index in [-0.39, 0.29) is 0 Å². The molecule has 0 fully saturated rings. The van der Waals surface area contributed by atoms with Crippen molar-refractivity contribution in [2.45, 2.75) is 44.6 Å². The molecule has 3 nitrogen and oxygen atoms in total. The van der Waals surface area contributed by atoms with Crippen LogP contribution in [0, 0.1) is 6.92 Å². The summed E-state index contributed by atoms with van der Waals surface area (Å²) in [5.41, 5.74) is 3.33. The number of hydrogen-bond donors (Lipinski definition) is 1. The van der Waals surface area contributed by atoms with Crippen molar-refractivity contribution < 1.29 is 5.11 Å². The number of aryl methyl sites for hydroxylation is 3. The van der Waals surface area contributed by atoms with Gasteiger partial charge in [-0.1, -0.05) is 35.9 Å². The van der Waals surface area contributed by atoms with Gasteiger partial charge in [-0.3, -0.25) is 4.68 Å². The molecule has 112 valence electrons. The summed E-state index contributed by atoms with van der Waals surface area (Å²) in [4.78, 5) is 0. The summed E-state index contributed by atoms with van der Waals surface area (Å²) in [6, 6.07) is 8.24. The standard InChI is InChI=1S/C17H21ClN2O/c1-12-14(16(18)20(2)19-12)11-17(21)10-6-5-8-13-7-3-4-9-15(13)17/h3-4,7,9,21H,5-6,8,10-11H2,1-2H3. The fourth-order valence-corrected chi connectivity index (χ4v) is 3.65. The van der Waals surface area contributed by atoms with Crippen molar-refractivity contribution in [1.29, 1.82) is 0 Å². The van der Waals surface area contributed by atoms with E-state index in [1.54, 1.807) is 4.68 Å². The topological polar surface area (TPSA) is 38.0 Å². The van der Waals surface area contributed by atoms with Gasteiger partial charge in [0, 0.05) is 19.0 Å². The highest BCUT2D eigenvalue weighted by atomic mass is 35.5. The number of rotatable bonds is 2. The molecule has 1 aromatic carbocycles. The second-order valence-electron chi connectivity index (χ2n) is 6.05. The van der Waals surface area contributed by atoms with E-state index < -0.39 is 5.60 Å². The molecule has 0 saturated heterocycles. The Hall–Kier alpha value is -1.32. The molecule has 1 aliphatic rings. The van der Waals surface area contributed by atoms with Gasteiger partial charge in [0.1, 0.15) is 5.15 Å². The van der Waals surface area contributed by atoms with E-state index in [1.165, 1.54) is 5.56 Å². The van der Waals surface area contributed by atoms with Crippen LogP contribution < -0.4 is 0 Å². The van der Waals surface area contributed by atoms with Crippen molar-refractivity contribution in [3.8, 4) is 0 Å². The molecule has 1 N–H and O–H groups in total. The summed E-state index contributed by atoms with van der Waals surface area (Å²) >= 11 is 6.35. The SMILES string of the molecule is Cc1nn(C)c(Cl)c1CC1(O)CCCCc2ccccc21. The van der Waals surface area contributed by atoms with Gasteiger partial charge in [0.25, 0.3) is 0 Å². The molecule has 21 heavy (non-hydrogen) atoms. The van der Waals surface area contributed by atoms with Crippen molar-refractivity contribution in [1.82, 2.24) is 9.78 Å². The first-order chi connectivity index (χ1) is 10.0. The van der Waals surface area contributed by atoms with Crippen molar-refractivity contribution >= 4 is 11.6 Å². The summed E-state index contributed by atoms with van der Waals surface area (Å²) in [6.07, 6.45) is 4.50. The van der Waals surface area contributed by atoms with Gasteiger partial charge in [0.2, 0.25) is 0 Å². The molecule has 1 atom stereocenters. The summed E-state index contributed by atoms with van der Waals surface area (Å²) in [6.45, 7) is 1.95. The first-order valence-corrected chi connectivity index (χ1v) is 7.88. The number of nitrogens with zero attached hydrogens (tertiary/aromatic N) is 2. The van der Waals surface area contributed by atoms with Gasteiger partial charge in [0.05, 0.1) is 11.3 Å². The van der Waals surface area contributed by atoms with Crippen molar-refractivity contribution in [3.63, 3.8) is 0 Å². The molecule has 3 rings (SSSR count). The summed E-state index contributed by atoms with van der Waals surface area (Å²) in [7, 11) is 1.84. The third kappa shape index (κ3) is 2.60. The highest BCUT2D eigenvalue weighted by Crippen LogP contribution is 2.38. The van der Waals surface area contributed by atoms with E-state index in [1.807, 2.05) is 26.1 Å². The van der Waals surface area contributed by atoms with Crippen LogP contribution in [0.3, 0.4) is 0 Å². The van der Waals surface area contributed by atoms with Crippen LogP contribution >= 0.6 is 11.6 Å². The number of halogens is 1. The van der Waals surface area contributed by atoms with Crippen LogP contribution in [0.15, 0.2) is 24.3 Å². The Labute approximate surface area is 130 Å². The maximum Gasteiger partial charge on any atom is 0.130 e. The molecule has 1 aliphatic carbocycles. The van der Waals surface area contributed by atoms with Crippen LogP contribution in [0.2, 0.25) is 5.15 Å². The molecule has 0 bridgehead atoms. The van der Waals surface area contributed by atoms with E-state index in [4.69, 9.17) is 11.6 Å². The van der Waals surface area contributed by atoms with Crippen LogP contribution in [-0.2, 0) is 25.5 Å². The largest absolute Gasteiger partial charge is 0.385 e. The molecule has 0 aliphatic heterocycles. The second kappa shape index (κ2) is 5.47. The van der Waals surface area contributed by atoms with Gasteiger partial charge in [-0.15, -0.1) is 0 Å². The lowest BCUT2D eigenvalue weighted by atomic mass is 9.83. The third-order valence-corrected chi connectivity index (χ3v) is 5.02. The van der Waals surface area contributed by atoms with Crippen LogP contribution in [0.5, 0.6) is 0 Å². The van der Waals surface area contributed by atoms with Crippen LogP contribution in [-0.4, -0.2) is 14.9 Å². The Morgan fingerprint density at radius 2 is 2.10 bits per heavy atom. The van der Waals surface area contributed by atoms with Gasteiger partial charge in [0.15, 0.2) is 0 Å². The monoisotopic (exact) mass is 304 g/mol. The van der Waals surface area contributed by atoms with Crippen molar-refractivity contribution in [2.75, 3.05) is 0 Å². The minimum Gasteiger partial charge on any atom is -0.385 e. The predicted molar refractivity (Wildman–Crippen MR) is 84.6 cm³/mol. The Kier molecular flexibility index (Phi) is 3.80. The van der Waals surface area contributed by atoms with Crippen LogP contribution in [0.25, 0.3) is 0 Å². The minimum absolute atomic E-state index is 0.530. The summed E-state index contributed by atoms with van der Waals surface area (Å²) < 4.78 is 1.68. The fourth-order valence-electron chi connectivity index (χ4n) is 3.41. The summed E-state index contributed by atoms with van der Waals surface area (Å²) in [5, 5.41) is 16.3. The highest BCUT2D eigenvalue weighted by molar-refractivity contribution is 6.30. The Morgan fingerprint density at radius 1 is 1.33 bits per heavy atom. The van der Waals surface area contributed by atoms with Crippen molar-refractivity contribution in [2.24, 2.45) is 7.05 Å². The van der Waals surface area contributed by atoms with Gasteiger partial charge in [-0.25, -0.2) is 0 Å². The number of aromatic nitrogens is 2. The Balaban J connectivity index is 2.04. The summed E-state index contributed by atoms with van der Waals surface area (Å²) in [5.74, 6) is 0. The Bertz CT molecular complexity index is 665. The molecule has 1 unspecified atom stereocenters. The zero-order chi connectivity index (χ0) is 15.0. The van der Waals surface area contributed by atoms with E-state index in [0.717, 1.165) is 42.5 Å². The van der Waals surface area contributed by atoms with E-state index in [2.05, 4.69) is 17.2 Å². The fraction of sp³-hybridized carbons (Fsp3) is 0.471. The minimum atomic E-state index is -0.843.